The molecule has 0 atom stereocenters. The average molecular weight is 281 g/mol. The van der Waals surface area contributed by atoms with E-state index in [0.29, 0.717) is 33.4 Å². The quantitative estimate of drug-likeness (QED) is 0.747. The summed E-state index contributed by atoms with van der Waals surface area (Å²) >= 11 is 11.7. The van der Waals surface area contributed by atoms with Gasteiger partial charge in [0, 0.05) is 10.0 Å². The minimum atomic E-state index is 0.412. The van der Waals surface area contributed by atoms with E-state index >= 15 is 0 Å². The lowest BCUT2D eigenvalue weighted by molar-refractivity contribution is 0.112. The van der Waals surface area contributed by atoms with Crippen molar-refractivity contribution in [3.63, 3.8) is 0 Å². The highest BCUT2D eigenvalue weighted by Crippen LogP contribution is 2.29. The Balaban J connectivity index is 2.33. The van der Waals surface area contributed by atoms with Gasteiger partial charge in [-0.2, -0.15) is 0 Å². The molecule has 0 saturated carbocycles. The summed E-state index contributed by atoms with van der Waals surface area (Å²) in [6.45, 7) is 1.89. The van der Waals surface area contributed by atoms with Crippen LogP contribution in [-0.4, -0.2) is 6.29 Å². The molecule has 92 valence electrons. The van der Waals surface area contributed by atoms with Crippen molar-refractivity contribution in [1.82, 2.24) is 0 Å². The van der Waals surface area contributed by atoms with Gasteiger partial charge in [0.05, 0.1) is 5.56 Å². The maximum Gasteiger partial charge on any atom is 0.153 e. The molecule has 0 amide bonds. The molecule has 18 heavy (non-hydrogen) atoms. The molecule has 2 nitrogen and oxygen atoms in total. The molecule has 4 heteroatoms. The molecule has 0 N–H and O–H groups in total. The first-order valence-corrected chi connectivity index (χ1v) is 6.04. The Bertz CT molecular complexity index is 594. The first-order chi connectivity index (χ1) is 8.60. The number of ether oxygens (including phenoxy) is 1. The van der Waals surface area contributed by atoms with Crippen molar-refractivity contribution in [2.45, 2.75) is 6.92 Å². The van der Waals surface area contributed by atoms with Crippen LogP contribution >= 0.6 is 23.2 Å². The number of halogens is 2. The predicted octanol–water partition coefficient (Wildman–Crippen LogP) is 4.91. The first kappa shape index (κ1) is 12.9. The first-order valence-electron chi connectivity index (χ1n) is 5.29. The van der Waals surface area contributed by atoms with Crippen LogP contribution in [0.4, 0.5) is 0 Å². The van der Waals surface area contributed by atoms with Gasteiger partial charge >= 0.3 is 0 Å². The highest BCUT2D eigenvalue weighted by molar-refractivity contribution is 6.31. The van der Waals surface area contributed by atoms with E-state index < -0.39 is 0 Å². The van der Waals surface area contributed by atoms with Crippen molar-refractivity contribution in [3.05, 3.63) is 57.6 Å². The summed E-state index contributed by atoms with van der Waals surface area (Å²) in [7, 11) is 0. The molecule has 0 aliphatic carbocycles. The van der Waals surface area contributed by atoms with Gasteiger partial charge < -0.3 is 4.74 Å². The summed E-state index contributed by atoms with van der Waals surface area (Å²) in [5, 5.41) is 1.17. The number of carbonyl (C=O) groups excluding carboxylic acids is 1. The van der Waals surface area contributed by atoms with E-state index in [2.05, 4.69) is 0 Å². The molecule has 0 radical (unpaired) electrons. The van der Waals surface area contributed by atoms with Crippen LogP contribution in [0, 0.1) is 6.92 Å². The molecule has 2 aromatic carbocycles. The van der Waals surface area contributed by atoms with Crippen LogP contribution in [0.15, 0.2) is 36.4 Å². The molecular weight excluding hydrogens is 271 g/mol. The van der Waals surface area contributed by atoms with Gasteiger partial charge in [-0.25, -0.2) is 0 Å². The summed E-state index contributed by atoms with van der Waals surface area (Å²) in [6.07, 6.45) is 0.712. The number of aryl methyl sites for hydroxylation is 1. The molecule has 2 rings (SSSR count). The number of carbonyl (C=O) groups is 1. The number of hydrogen-bond donors (Lipinski definition) is 0. The molecule has 0 aromatic heterocycles. The Morgan fingerprint density at radius 1 is 1.11 bits per heavy atom. The standard InChI is InChI=1S/C14H10Cl2O2/c1-9-6-12(3-4-13(9)16)18-14-5-2-11(15)7-10(14)8-17/h2-8H,1H3. The van der Waals surface area contributed by atoms with E-state index in [4.69, 9.17) is 27.9 Å². The molecule has 0 aliphatic heterocycles. The molecule has 0 aliphatic rings. The monoisotopic (exact) mass is 280 g/mol. The van der Waals surface area contributed by atoms with Crippen molar-refractivity contribution >= 4 is 29.5 Å². The lowest BCUT2D eigenvalue weighted by Gasteiger charge is -2.09. The third kappa shape index (κ3) is 2.84. The van der Waals surface area contributed by atoms with Crippen molar-refractivity contribution in [2.24, 2.45) is 0 Å². The van der Waals surface area contributed by atoms with E-state index in [-0.39, 0.29) is 0 Å². The number of rotatable bonds is 3. The second-order valence-electron chi connectivity index (χ2n) is 3.81. The van der Waals surface area contributed by atoms with Gasteiger partial charge in [0.25, 0.3) is 0 Å². The Labute approximate surface area is 115 Å². The molecule has 0 unspecified atom stereocenters. The van der Waals surface area contributed by atoms with Crippen molar-refractivity contribution in [2.75, 3.05) is 0 Å². The van der Waals surface area contributed by atoms with E-state index in [0.717, 1.165) is 5.56 Å². The van der Waals surface area contributed by atoms with Gasteiger partial charge in [-0.1, -0.05) is 23.2 Å². The Hall–Kier alpha value is -1.51. The SMILES string of the molecule is Cc1cc(Oc2ccc(Cl)cc2C=O)ccc1Cl. The maximum atomic E-state index is 10.9. The van der Waals surface area contributed by atoms with Gasteiger partial charge in [-0.3, -0.25) is 4.79 Å². The van der Waals surface area contributed by atoms with Crippen molar-refractivity contribution < 1.29 is 9.53 Å². The second-order valence-corrected chi connectivity index (χ2v) is 4.66. The van der Waals surface area contributed by atoms with Gasteiger partial charge in [-0.05, 0) is 48.9 Å². The molecule has 0 heterocycles. The van der Waals surface area contributed by atoms with Gasteiger partial charge in [0.15, 0.2) is 6.29 Å². The summed E-state index contributed by atoms with van der Waals surface area (Å²) in [4.78, 5) is 10.9. The van der Waals surface area contributed by atoms with E-state index in [1.54, 1.807) is 30.3 Å². The Kier molecular flexibility index (Phi) is 3.90. The Morgan fingerprint density at radius 3 is 2.56 bits per heavy atom. The van der Waals surface area contributed by atoms with Gasteiger partial charge in [-0.15, -0.1) is 0 Å². The fourth-order valence-electron chi connectivity index (χ4n) is 1.51. The van der Waals surface area contributed by atoms with E-state index in [1.807, 2.05) is 13.0 Å². The number of aldehydes is 1. The largest absolute Gasteiger partial charge is 0.457 e. The van der Waals surface area contributed by atoms with Crippen molar-refractivity contribution in [3.8, 4) is 11.5 Å². The summed E-state index contributed by atoms with van der Waals surface area (Å²) in [5.41, 5.74) is 1.32. The average Bonchev–Trinajstić information content (AvgIpc) is 2.36. The smallest absolute Gasteiger partial charge is 0.153 e. The van der Waals surface area contributed by atoms with Gasteiger partial charge in [0.2, 0.25) is 0 Å². The third-order valence-corrected chi connectivity index (χ3v) is 3.12. The predicted molar refractivity (Wildman–Crippen MR) is 73.1 cm³/mol. The summed E-state index contributed by atoms with van der Waals surface area (Å²) in [5.74, 6) is 1.10. The van der Waals surface area contributed by atoms with Crippen LogP contribution in [0.1, 0.15) is 15.9 Å². The summed E-state index contributed by atoms with van der Waals surface area (Å²) in [6, 6.07) is 10.2. The number of benzene rings is 2. The van der Waals surface area contributed by atoms with Crippen LogP contribution in [0.5, 0.6) is 11.5 Å². The zero-order valence-electron chi connectivity index (χ0n) is 9.61. The van der Waals surface area contributed by atoms with Crippen LogP contribution < -0.4 is 4.74 Å². The normalized spacial score (nSPS) is 10.2. The molecule has 2 aromatic rings. The fraction of sp³-hybridized carbons (Fsp3) is 0.0714. The topological polar surface area (TPSA) is 26.3 Å². The van der Waals surface area contributed by atoms with Gasteiger partial charge in [0.1, 0.15) is 11.5 Å². The molecular formula is C14H10Cl2O2. The number of hydrogen-bond acceptors (Lipinski definition) is 2. The zero-order chi connectivity index (χ0) is 13.1. The van der Waals surface area contributed by atoms with E-state index in [9.17, 15) is 4.79 Å². The lowest BCUT2D eigenvalue weighted by atomic mass is 10.2. The van der Waals surface area contributed by atoms with Crippen LogP contribution in [0.25, 0.3) is 0 Å². The molecule has 0 fully saturated rings. The highest BCUT2D eigenvalue weighted by Gasteiger charge is 2.06. The highest BCUT2D eigenvalue weighted by atomic mass is 35.5. The van der Waals surface area contributed by atoms with Crippen molar-refractivity contribution in [1.29, 1.82) is 0 Å². The van der Waals surface area contributed by atoms with Crippen LogP contribution in [0.3, 0.4) is 0 Å². The van der Waals surface area contributed by atoms with Crippen LogP contribution in [0.2, 0.25) is 10.0 Å². The lowest BCUT2D eigenvalue weighted by Crippen LogP contribution is -1.91. The third-order valence-electron chi connectivity index (χ3n) is 2.46. The summed E-state index contributed by atoms with van der Waals surface area (Å²) < 4.78 is 5.64. The van der Waals surface area contributed by atoms with Crippen LogP contribution in [-0.2, 0) is 0 Å². The maximum absolute atomic E-state index is 10.9. The minimum absolute atomic E-state index is 0.412. The van der Waals surface area contributed by atoms with E-state index in [1.165, 1.54) is 0 Å². The molecule has 0 spiro atoms. The molecule has 0 saturated heterocycles. The zero-order valence-corrected chi connectivity index (χ0v) is 11.1. The fourth-order valence-corrected chi connectivity index (χ4v) is 1.81. The minimum Gasteiger partial charge on any atom is -0.457 e. The second kappa shape index (κ2) is 5.42. The molecule has 0 bridgehead atoms. The Morgan fingerprint density at radius 2 is 1.89 bits per heavy atom.